The molecule has 0 amide bonds. The monoisotopic (exact) mass is 318 g/mol. The van der Waals surface area contributed by atoms with Gasteiger partial charge < -0.3 is 5.11 Å². The van der Waals surface area contributed by atoms with Crippen LogP contribution in [0.25, 0.3) is 0 Å². The maximum absolute atomic E-state index is 10.5. The van der Waals surface area contributed by atoms with Gasteiger partial charge in [-0.2, -0.15) is 0 Å². The molecule has 0 aliphatic heterocycles. The van der Waals surface area contributed by atoms with Gasteiger partial charge >= 0.3 is 24.8 Å². The molecule has 0 aromatic heterocycles. The van der Waals surface area contributed by atoms with Gasteiger partial charge in [0.15, 0.2) is 0 Å². The summed E-state index contributed by atoms with van der Waals surface area (Å²) in [5.41, 5.74) is 0.985. The SMILES string of the molecule is C/C(=C\C(=O)O)CCC[C@H](C)CCC[C@H](C)CCCC(C)C.[LiH]. The summed E-state index contributed by atoms with van der Waals surface area (Å²) >= 11 is 0. The summed E-state index contributed by atoms with van der Waals surface area (Å²) in [6, 6.07) is 0. The van der Waals surface area contributed by atoms with Crippen LogP contribution in [0.4, 0.5) is 0 Å². The molecule has 0 unspecified atom stereocenters. The zero-order chi connectivity index (χ0) is 17.0. The van der Waals surface area contributed by atoms with Crippen molar-refractivity contribution in [2.45, 2.75) is 92.4 Å². The molecular weight excluding hydrogens is 279 g/mol. The van der Waals surface area contributed by atoms with E-state index >= 15 is 0 Å². The number of rotatable bonds is 13. The van der Waals surface area contributed by atoms with Gasteiger partial charge in [-0.25, -0.2) is 4.79 Å². The molecule has 0 heterocycles. The Balaban J connectivity index is 0. The first-order valence-corrected chi connectivity index (χ1v) is 9.21. The van der Waals surface area contributed by atoms with Crippen LogP contribution in [0.15, 0.2) is 11.6 Å². The minimum atomic E-state index is -0.822. The van der Waals surface area contributed by atoms with E-state index in [0.717, 1.165) is 36.2 Å². The zero-order valence-corrected chi connectivity index (χ0v) is 15.5. The number of hydrogen-bond donors (Lipinski definition) is 1. The van der Waals surface area contributed by atoms with Crippen molar-refractivity contribution in [2.75, 3.05) is 0 Å². The molecule has 0 spiro atoms. The topological polar surface area (TPSA) is 37.3 Å². The summed E-state index contributed by atoms with van der Waals surface area (Å²) in [6.45, 7) is 11.3. The molecule has 0 aromatic rings. The molecule has 2 atom stereocenters. The molecule has 1 N–H and O–H groups in total. The second-order valence-corrected chi connectivity index (χ2v) is 7.69. The average Bonchev–Trinajstić information content (AvgIpc) is 2.37. The first kappa shape index (κ1) is 25.1. The molecule has 0 saturated carbocycles. The fraction of sp³-hybridized carbons (Fsp3) is 0.850. The normalized spacial score (nSPS) is 14.4. The van der Waals surface area contributed by atoms with Crippen molar-refractivity contribution < 1.29 is 9.90 Å². The van der Waals surface area contributed by atoms with Crippen molar-refractivity contribution in [3.05, 3.63) is 11.6 Å². The van der Waals surface area contributed by atoms with Crippen LogP contribution < -0.4 is 0 Å². The number of allylic oxidation sites excluding steroid dienone is 1. The predicted octanol–water partition coefficient (Wildman–Crippen LogP) is 5.81. The van der Waals surface area contributed by atoms with Crippen molar-refractivity contribution in [3.8, 4) is 0 Å². The van der Waals surface area contributed by atoms with E-state index < -0.39 is 5.97 Å². The Bertz CT molecular complexity index is 324. The summed E-state index contributed by atoms with van der Waals surface area (Å²) < 4.78 is 0. The molecule has 0 saturated heterocycles. The van der Waals surface area contributed by atoms with Gasteiger partial charge in [-0.15, -0.1) is 0 Å². The molecule has 0 fully saturated rings. The van der Waals surface area contributed by atoms with Gasteiger partial charge in [-0.3, -0.25) is 0 Å². The van der Waals surface area contributed by atoms with Crippen molar-refractivity contribution >= 4 is 24.8 Å². The Labute approximate surface area is 156 Å². The molecule has 132 valence electrons. The third-order valence-corrected chi connectivity index (χ3v) is 4.51. The zero-order valence-electron chi connectivity index (χ0n) is 15.5. The first-order chi connectivity index (χ1) is 10.3. The van der Waals surface area contributed by atoms with Gasteiger partial charge in [0, 0.05) is 6.08 Å². The third kappa shape index (κ3) is 18.0. The Hall–Kier alpha value is -0.193. The van der Waals surface area contributed by atoms with Crippen LogP contribution in [-0.4, -0.2) is 29.9 Å². The van der Waals surface area contributed by atoms with Gasteiger partial charge in [-0.1, -0.05) is 78.2 Å². The van der Waals surface area contributed by atoms with Crippen LogP contribution in [0, 0.1) is 17.8 Å². The van der Waals surface area contributed by atoms with Crippen molar-refractivity contribution in [2.24, 2.45) is 17.8 Å². The molecule has 0 aliphatic rings. The molecule has 3 heteroatoms. The molecule has 0 radical (unpaired) electrons. The van der Waals surface area contributed by atoms with Crippen LogP contribution in [0.1, 0.15) is 92.4 Å². The standard InChI is InChI=1S/C20H38O2.Li.H/c1-16(2)9-6-10-17(3)11-7-12-18(4)13-8-14-19(5)15-20(21)22;;/h15-18H,6-14H2,1-5H3,(H,21,22);;/b19-15+;;/t17-,18-;;/m1../s1. The molecule has 23 heavy (non-hydrogen) atoms. The number of carboxylic acid groups (broad SMARTS) is 1. The number of carboxylic acids is 1. The van der Waals surface area contributed by atoms with Crippen LogP contribution in [-0.2, 0) is 4.79 Å². The molecular formula is C20H39LiO2. The predicted molar refractivity (Wildman–Crippen MR) is 103 cm³/mol. The summed E-state index contributed by atoms with van der Waals surface area (Å²) in [7, 11) is 0. The summed E-state index contributed by atoms with van der Waals surface area (Å²) in [5, 5.41) is 8.68. The second-order valence-electron chi connectivity index (χ2n) is 7.69. The minimum absolute atomic E-state index is 0. The van der Waals surface area contributed by atoms with E-state index in [4.69, 9.17) is 5.11 Å². The first-order valence-electron chi connectivity index (χ1n) is 9.21. The summed E-state index contributed by atoms with van der Waals surface area (Å²) in [6.07, 6.45) is 12.7. The van der Waals surface area contributed by atoms with E-state index in [9.17, 15) is 4.79 Å². The number of carbonyl (C=O) groups is 1. The van der Waals surface area contributed by atoms with Gasteiger partial charge in [0.05, 0.1) is 0 Å². The molecule has 0 rings (SSSR count). The van der Waals surface area contributed by atoms with E-state index in [2.05, 4.69) is 27.7 Å². The Morgan fingerprint density at radius 2 is 1.30 bits per heavy atom. The van der Waals surface area contributed by atoms with Crippen molar-refractivity contribution in [1.82, 2.24) is 0 Å². The van der Waals surface area contributed by atoms with Crippen LogP contribution in [0.3, 0.4) is 0 Å². The van der Waals surface area contributed by atoms with E-state index in [-0.39, 0.29) is 18.9 Å². The van der Waals surface area contributed by atoms with E-state index in [1.54, 1.807) is 0 Å². The van der Waals surface area contributed by atoms with E-state index in [1.165, 1.54) is 51.0 Å². The third-order valence-electron chi connectivity index (χ3n) is 4.51. The van der Waals surface area contributed by atoms with Crippen molar-refractivity contribution in [1.29, 1.82) is 0 Å². The maximum atomic E-state index is 10.5. The number of hydrogen-bond acceptors (Lipinski definition) is 1. The van der Waals surface area contributed by atoms with Gasteiger partial charge in [0.25, 0.3) is 0 Å². The number of aliphatic carboxylic acids is 1. The van der Waals surface area contributed by atoms with Crippen LogP contribution in [0.5, 0.6) is 0 Å². The average molecular weight is 318 g/mol. The molecule has 0 bridgehead atoms. The van der Waals surface area contributed by atoms with Crippen molar-refractivity contribution in [3.63, 3.8) is 0 Å². The van der Waals surface area contributed by atoms with E-state index in [0.29, 0.717) is 0 Å². The molecule has 0 aliphatic carbocycles. The summed E-state index contributed by atoms with van der Waals surface area (Å²) in [4.78, 5) is 10.5. The van der Waals surface area contributed by atoms with Gasteiger partial charge in [-0.05, 0) is 37.5 Å². The Morgan fingerprint density at radius 1 is 0.870 bits per heavy atom. The van der Waals surface area contributed by atoms with Crippen LogP contribution in [0.2, 0.25) is 0 Å². The Morgan fingerprint density at radius 3 is 1.74 bits per heavy atom. The van der Waals surface area contributed by atoms with E-state index in [1.807, 2.05) is 6.92 Å². The van der Waals surface area contributed by atoms with Gasteiger partial charge in [0.2, 0.25) is 0 Å². The Kier molecular flexibility index (Phi) is 16.7. The molecule has 0 aromatic carbocycles. The summed E-state index contributed by atoms with van der Waals surface area (Å²) in [5.74, 6) is 1.65. The second kappa shape index (κ2) is 15.3. The molecule has 2 nitrogen and oxygen atoms in total. The fourth-order valence-corrected chi connectivity index (χ4v) is 2.99. The fourth-order valence-electron chi connectivity index (χ4n) is 2.99. The van der Waals surface area contributed by atoms with Crippen LogP contribution >= 0.6 is 0 Å². The van der Waals surface area contributed by atoms with Gasteiger partial charge in [0.1, 0.15) is 0 Å². The quantitative estimate of drug-likeness (QED) is 0.344.